The summed E-state index contributed by atoms with van der Waals surface area (Å²) in [5.41, 5.74) is 2.92. The Hall–Kier alpha value is -3.52. The lowest BCUT2D eigenvalue weighted by atomic mass is 10.0. The lowest BCUT2D eigenvalue weighted by Gasteiger charge is -2.23. The number of likely N-dealkylation sites (tertiary alicyclic amines) is 1. The third-order valence-electron chi connectivity index (χ3n) is 8.35. The predicted molar refractivity (Wildman–Crippen MR) is 165 cm³/mol. The number of halogens is 4. The number of hydrogen-bond donors (Lipinski definition) is 3. The Kier molecular flexibility index (Phi) is 9.83. The van der Waals surface area contributed by atoms with Crippen molar-refractivity contribution in [3.05, 3.63) is 23.1 Å². The normalized spacial score (nSPS) is 20.0. The van der Waals surface area contributed by atoms with Gasteiger partial charge in [-0.25, -0.2) is 14.4 Å². The molecule has 1 atom stereocenters. The van der Waals surface area contributed by atoms with Crippen molar-refractivity contribution in [3.8, 4) is 23.1 Å². The number of alkyl halides is 3. The van der Waals surface area contributed by atoms with Gasteiger partial charge in [0.05, 0.1) is 24.0 Å². The fourth-order valence-electron chi connectivity index (χ4n) is 5.92. The van der Waals surface area contributed by atoms with Crippen LogP contribution in [-0.4, -0.2) is 76.8 Å². The first-order chi connectivity index (χ1) is 21.5. The molecule has 10 nitrogen and oxygen atoms in total. The van der Waals surface area contributed by atoms with Crippen LogP contribution in [0.5, 0.6) is 11.9 Å². The van der Waals surface area contributed by atoms with E-state index in [0.29, 0.717) is 32.7 Å². The standard InChI is InChI=1S/C29H36F4N8O2.C2H6/c1-16-5-8-35-9-10-36-25-20-24(39-27(40-25)42-15-28(6-7-28)14-41-11-3-4-12-41)22(30)23(38-26(20)43-16)18-13-19(34)37-17(2)21(18)29(31,32)33;1-2/h13,16,35H,3-12,14-15H2,1-2H3,(H2,34,37)(H,36,39,40);1-2H3. The second-order valence-electron chi connectivity index (χ2n) is 11.9. The van der Waals surface area contributed by atoms with Crippen molar-refractivity contribution in [1.29, 1.82) is 0 Å². The number of aryl methyl sites for hydroxylation is 1. The summed E-state index contributed by atoms with van der Waals surface area (Å²) in [7, 11) is 0. The lowest BCUT2D eigenvalue weighted by molar-refractivity contribution is -0.137. The number of hydrogen-bond acceptors (Lipinski definition) is 10. The van der Waals surface area contributed by atoms with Gasteiger partial charge in [0.15, 0.2) is 5.82 Å². The Morgan fingerprint density at radius 2 is 1.82 bits per heavy atom. The minimum atomic E-state index is -4.84. The molecule has 3 aromatic heterocycles. The van der Waals surface area contributed by atoms with E-state index in [2.05, 4.69) is 35.5 Å². The van der Waals surface area contributed by atoms with Gasteiger partial charge in [-0.05, 0) is 71.7 Å². The number of ether oxygens (including phenoxy) is 2. The maximum absolute atomic E-state index is 16.5. The summed E-state index contributed by atoms with van der Waals surface area (Å²) >= 11 is 0. The van der Waals surface area contributed by atoms with E-state index in [1.807, 2.05) is 20.8 Å². The average molecular weight is 635 g/mol. The molecule has 2 aliphatic heterocycles. The van der Waals surface area contributed by atoms with Crippen LogP contribution in [0.15, 0.2) is 6.07 Å². The van der Waals surface area contributed by atoms with Crippen molar-refractivity contribution < 1.29 is 27.0 Å². The van der Waals surface area contributed by atoms with E-state index in [1.165, 1.54) is 19.8 Å². The fraction of sp³-hybridized carbons (Fsp3) is 0.613. The summed E-state index contributed by atoms with van der Waals surface area (Å²) < 4.78 is 71.5. The fourth-order valence-corrected chi connectivity index (χ4v) is 5.92. The Balaban J connectivity index is 0.00000196. The zero-order valence-corrected chi connectivity index (χ0v) is 26.3. The lowest BCUT2D eigenvalue weighted by Crippen LogP contribution is -2.31. The summed E-state index contributed by atoms with van der Waals surface area (Å²) in [6.45, 7) is 12.1. The molecule has 1 saturated carbocycles. The van der Waals surface area contributed by atoms with E-state index in [0.717, 1.165) is 38.5 Å². The first kappa shape index (κ1) is 32.9. The van der Waals surface area contributed by atoms with Crippen molar-refractivity contribution in [2.75, 3.05) is 56.9 Å². The number of pyridine rings is 2. The highest BCUT2D eigenvalue weighted by Gasteiger charge is 2.45. The van der Waals surface area contributed by atoms with Gasteiger partial charge in [-0.15, -0.1) is 0 Å². The Labute approximate surface area is 260 Å². The molecule has 5 heterocycles. The molecule has 246 valence electrons. The zero-order chi connectivity index (χ0) is 32.4. The molecule has 2 fully saturated rings. The van der Waals surface area contributed by atoms with Gasteiger partial charge in [0.25, 0.3) is 0 Å². The van der Waals surface area contributed by atoms with Crippen LogP contribution in [0.25, 0.3) is 22.2 Å². The van der Waals surface area contributed by atoms with Gasteiger partial charge >= 0.3 is 12.2 Å². The van der Waals surface area contributed by atoms with E-state index in [-0.39, 0.29) is 39.8 Å². The quantitative estimate of drug-likeness (QED) is 0.296. The van der Waals surface area contributed by atoms with Gasteiger partial charge in [0.2, 0.25) is 5.88 Å². The van der Waals surface area contributed by atoms with Crippen LogP contribution in [-0.2, 0) is 6.18 Å². The van der Waals surface area contributed by atoms with Gasteiger partial charge in [-0.1, -0.05) is 13.8 Å². The van der Waals surface area contributed by atoms with E-state index in [1.54, 1.807) is 0 Å². The highest BCUT2D eigenvalue weighted by atomic mass is 19.4. The molecule has 14 heteroatoms. The second kappa shape index (κ2) is 13.5. The number of anilines is 2. The first-order valence-corrected chi connectivity index (χ1v) is 15.8. The molecule has 1 unspecified atom stereocenters. The summed E-state index contributed by atoms with van der Waals surface area (Å²) in [5, 5.41) is 6.62. The molecular formula is C31H42F4N8O2. The van der Waals surface area contributed by atoms with Gasteiger partial charge in [0, 0.05) is 30.6 Å². The molecule has 0 aromatic carbocycles. The molecule has 4 N–H and O–H groups in total. The number of nitrogens with zero attached hydrogens (tertiary/aromatic N) is 5. The SMILES string of the molecule is CC.Cc1nc(N)cc(-c2nc3c4c(nc(OCC5(CN6CCCC6)CC5)nc4c2F)NCCNCCC(C)O3)c1C(F)(F)F. The van der Waals surface area contributed by atoms with Crippen molar-refractivity contribution in [2.24, 2.45) is 5.41 Å². The number of nitrogens with one attached hydrogen (secondary N) is 2. The minimum absolute atomic E-state index is 0.0156. The van der Waals surface area contributed by atoms with Gasteiger partial charge in [-0.2, -0.15) is 23.1 Å². The first-order valence-electron chi connectivity index (χ1n) is 15.8. The topological polar surface area (TPSA) is 123 Å². The van der Waals surface area contributed by atoms with Gasteiger partial charge < -0.3 is 30.7 Å². The predicted octanol–water partition coefficient (Wildman–Crippen LogP) is 5.59. The second-order valence-corrected chi connectivity index (χ2v) is 11.9. The zero-order valence-electron chi connectivity index (χ0n) is 26.3. The van der Waals surface area contributed by atoms with Crippen molar-refractivity contribution in [2.45, 2.75) is 72.1 Å². The number of rotatable bonds is 6. The third kappa shape index (κ3) is 7.32. The van der Waals surface area contributed by atoms with E-state index < -0.39 is 40.6 Å². The molecule has 3 aromatic rings. The van der Waals surface area contributed by atoms with Gasteiger partial charge in [0.1, 0.15) is 28.2 Å². The highest BCUT2D eigenvalue weighted by Crippen LogP contribution is 2.47. The monoisotopic (exact) mass is 634 g/mol. The molecule has 1 aliphatic carbocycles. The van der Waals surface area contributed by atoms with Crippen LogP contribution in [0.3, 0.4) is 0 Å². The summed E-state index contributed by atoms with van der Waals surface area (Å²) in [6.07, 6.45) is -0.262. The molecule has 3 aliphatic rings. The van der Waals surface area contributed by atoms with E-state index in [4.69, 9.17) is 15.2 Å². The van der Waals surface area contributed by atoms with Crippen molar-refractivity contribution >= 4 is 22.5 Å². The van der Waals surface area contributed by atoms with E-state index in [9.17, 15) is 13.2 Å². The van der Waals surface area contributed by atoms with Gasteiger partial charge in [-0.3, -0.25) is 0 Å². The highest BCUT2D eigenvalue weighted by molar-refractivity contribution is 5.96. The van der Waals surface area contributed by atoms with Crippen LogP contribution in [0, 0.1) is 18.2 Å². The maximum Gasteiger partial charge on any atom is 0.418 e. The smallest absolute Gasteiger partial charge is 0.418 e. The molecule has 0 spiro atoms. The van der Waals surface area contributed by atoms with Crippen LogP contribution in [0.4, 0.5) is 29.2 Å². The molecule has 6 rings (SSSR count). The Morgan fingerprint density at radius 1 is 1.09 bits per heavy atom. The number of nitrogens with two attached hydrogens (primary N) is 1. The third-order valence-corrected chi connectivity index (χ3v) is 8.35. The van der Waals surface area contributed by atoms with Crippen LogP contribution >= 0.6 is 0 Å². The Morgan fingerprint density at radius 3 is 2.51 bits per heavy atom. The van der Waals surface area contributed by atoms with Crippen LogP contribution in [0.1, 0.15) is 64.1 Å². The van der Waals surface area contributed by atoms with Crippen LogP contribution in [0.2, 0.25) is 0 Å². The molecule has 45 heavy (non-hydrogen) atoms. The largest absolute Gasteiger partial charge is 0.474 e. The molecule has 0 radical (unpaired) electrons. The summed E-state index contributed by atoms with van der Waals surface area (Å²) in [6, 6.07) is 0.910. The van der Waals surface area contributed by atoms with Crippen molar-refractivity contribution in [3.63, 3.8) is 0 Å². The summed E-state index contributed by atoms with van der Waals surface area (Å²) in [4.78, 5) is 19.5. The average Bonchev–Trinajstić information content (AvgIpc) is 3.56. The molecular weight excluding hydrogens is 592 g/mol. The summed E-state index contributed by atoms with van der Waals surface area (Å²) in [5.74, 6) is -1.11. The van der Waals surface area contributed by atoms with Crippen molar-refractivity contribution in [1.82, 2.24) is 30.2 Å². The van der Waals surface area contributed by atoms with E-state index >= 15 is 4.39 Å². The van der Waals surface area contributed by atoms with Crippen LogP contribution < -0.4 is 25.8 Å². The minimum Gasteiger partial charge on any atom is -0.474 e. The number of aromatic nitrogens is 4. The molecule has 0 amide bonds. The molecule has 0 bridgehead atoms. The molecule has 1 saturated heterocycles. The number of nitrogen functional groups attached to an aromatic ring is 1. The maximum atomic E-state index is 16.5. The Bertz CT molecular complexity index is 1510.